The van der Waals surface area contributed by atoms with Crippen LogP contribution in [0.3, 0.4) is 0 Å². The third-order valence-corrected chi connectivity index (χ3v) is 5.87. The number of rotatable bonds is 10. The second kappa shape index (κ2) is 11.3. The number of hydrogen-bond donors (Lipinski definition) is 2. The van der Waals surface area contributed by atoms with Crippen molar-refractivity contribution in [1.82, 2.24) is 5.32 Å². The van der Waals surface area contributed by atoms with E-state index in [0.717, 1.165) is 36.8 Å². The van der Waals surface area contributed by atoms with E-state index in [4.69, 9.17) is 9.94 Å². The molecule has 0 bridgehead atoms. The molecule has 5 nitrogen and oxygen atoms in total. The lowest BCUT2D eigenvalue weighted by atomic mass is 9.91. The minimum absolute atomic E-state index is 0.0211. The summed E-state index contributed by atoms with van der Waals surface area (Å²) in [6.45, 7) is 2.67. The second-order valence-electron chi connectivity index (χ2n) is 8.37. The predicted octanol–water partition coefficient (Wildman–Crippen LogP) is 5.87. The highest BCUT2D eigenvalue weighted by Gasteiger charge is 2.36. The SMILES string of the molecule is C/C(=N\OCc1ccc(C2CCCC2)c(C(F)(F)F)c1)c1ccc(CNCCC(=O)O)cc1. The Kier molecular flexibility index (Phi) is 8.49. The monoisotopic (exact) mass is 462 g/mol. The molecule has 1 aliphatic rings. The van der Waals surface area contributed by atoms with Crippen LogP contribution in [0.15, 0.2) is 47.6 Å². The number of aliphatic carboxylic acids is 1. The Hall–Kier alpha value is -2.87. The maximum absolute atomic E-state index is 13.6. The molecule has 0 radical (unpaired) electrons. The number of carbonyl (C=O) groups is 1. The van der Waals surface area contributed by atoms with Crippen LogP contribution in [-0.4, -0.2) is 23.3 Å². The van der Waals surface area contributed by atoms with Crippen molar-refractivity contribution >= 4 is 11.7 Å². The number of nitrogens with one attached hydrogen (secondary N) is 1. The van der Waals surface area contributed by atoms with Gasteiger partial charge in [0.2, 0.25) is 0 Å². The van der Waals surface area contributed by atoms with E-state index in [1.807, 2.05) is 24.3 Å². The number of nitrogens with zero attached hydrogens (tertiary/aromatic N) is 1. The number of halogens is 3. The first kappa shape index (κ1) is 24.8. The fraction of sp³-hybridized carbons (Fsp3) is 0.440. The van der Waals surface area contributed by atoms with Crippen LogP contribution < -0.4 is 5.32 Å². The molecule has 0 aliphatic heterocycles. The van der Waals surface area contributed by atoms with Gasteiger partial charge in [-0.2, -0.15) is 13.2 Å². The maximum Gasteiger partial charge on any atom is 0.416 e. The first-order valence-corrected chi connectivity index (χ1v) is 11.1. The van der Waals surface area contributed by atoms with Crippen LogP contribution >= 0.6 is 0 Å². The molecule has 2 aromatic rings. The third-order valence-electron chi connectivity index (χ3n) is 5.87. The zero-order valence-corrected chi connectivity index (χ0v) is 18.6. The Labute approximate surface area is 191 Å². The topological polar surface area (TPSA) is 70.9 Å². The zero-order valence-electron chi connectivity index (χ0n) is 18.6. The highest BCUT2D eigenvalue weighted by molar-refractivity contribution is 5.98. The average Bonchev–Trinajstić information content (AvgIpc) is 3.31. The molecule has 8 heteroatoms. The van der Waals surface area contributed by atoms with Crippen molar-refractivity contribution in [1.29, 1.82) is 0 Å². The minimum atomic E-state index is -4.39. The summed E-state index contributed by atoms with van der Waals surface area (Å²) < 4.78 is 40.9. The number of carboxylic acids is 1. The van der Waals surface area contributed by atoms with Gasteiger partial charge in [0.05, 0.1) is 17.7 Å². The summed E-state index contributed by atoms with van der Waals surface area (Å²) in [5.74, 6) is -0.865. The normalized spacial score (nSPS) is 15.1. The van der Waals surface area contributed by atoms with Gasteiger partial charge in [0.15, 0.2) is 0 Å². The quantitative estimate of drug-likeness (QED) is 0.263. The number of hydrogen-bond acceptors (Lipinski definition) is 4. The highest BCUT2D eigenvalue weighted by atomic mass is 19.4. The van der Waals surface area contributed by atoms with E-state index in [2.05, 4.69) is 10.5 Å². The Bertz CT molecular complexity index is 966. The molecule has 1 fully saturated rings. The van der Waals surface area contributed by atoms with Gasteiger partial charge in [-0.25, -0.2) is 0 Å². The van der Waals surface area contributed by atoms with Gasteiger partial charge in [0, 0.05) is 13.1 Å². The van der Waals surface area contributed by atoms with E-state index in [9.17, 15) is 18.0 Å². The molecule has 0 aromatic heterocycles. The van der Waals surface area contributed by atoms with E-state index in [1.54, 1.807) is 19.1 Å². The molecule has 0 atom stereocenters. The molecule has 2 aromatic carbocycles. The predicted molar refractivity (Wildman–Crippen MR) is 120 cm³/mol. The lowest BCUT2D eigenvalue weighted by Gasteiger charge is -2.18. The van der Waals surface area contributed by atoms with Crippen LogP contribution in [0.1, 0.15) is 72.8 Å². The second-order valence-corrected chi connectivity index (χ2v) is 8.37. The van der Waals surface area contributed by atoms with E-state index in [0.29, 0.717) is 29.9 Å². The molecule has 0 spiro atoms. The van der Waals surface area contributed by atoms with Crippen molar-refractivity contribution in [3.63, 3.8) is 0 Å². The molecule has 0 unspecified atom stereocenters. The standard InChI is InChI=1S/C25H29F3N2O3/c1-17(20-9-6-18(7-10-20)15-29-13-12-24(31)32)30-33-16-19-8-11-22(21-4-2-3-5-21)23(14-19)25(26,27)28/h6-11,14,21,29H,2-5,12-13,15-16H2,1H3,(H,31,32)/b30-17+. The molecule has 1 saturated carbocycles. The molecule has 2 N–H and O–H groups in total. The van der Waals surface area contributed by atoms with E-state index >= 15 is 0 Å². The van der Waals surface area contributed by atoms with Gasteiger partial charge in [0.25, 0.3) is 0 Å². The van der Waals surface area contributed by atoms with Crippen LogP contribution in [0.4, 0.5) is 13.2 Å². The summed E-state index contributed by atoms with van der Waals surface area (Å²) in [5.41, 5.74) is 2.70. The summed E-state index contributed by atoms with van der Waals surface area (Å²) in [5, 5.41) is 15.8. The highest BCUT2D eigenvalue weighted by Crippen LogP contribution is 2.41. The molecule has 1 aliphatic carbocycles. The van der Waals surface area contributed by atoms with Crippen molar-refractivity contribution in [2.45, 2.75) is 64.3 Å². The van der Waals surface area contributed by atoms with Gasteiger partial charge < -0.3 is 15.3 Å². The molecule has 0 heterocycles. The van der Waals surface area contributed by atoms with E-state index in [-0.39, 0.29) is 18.9 Å². The largest absolute Gasteiger partial charge is 0.481 e. The van der Waals surface area contributed by atoms with Crippen LogP contribution in [-0.2, 0) is 29.0 Å². The van der Waals surface area contributed by atoms with Gasteiger partial charge in [-0.1, -0.05) is 54.4 Å². The van der Waals surface area contributed by atoms with Crippen molar-refractivity contribution in [3.8, 4) is 0 Å². The van der Waals surface area contributed by atoms with Gasteiger partial charge >= 0.3 is 12.1 Å². The first-order valence-electron chi connectivity index (χ1n) is 11.1. The smallest absolute Gasteiger partial charge is 0.416 e. The molecular weight excluding hydrogens is 433 g/mol. The molecule has 33 heavy (non-hydrogen) atoms. The van der Waals surface area contributed by atoms with Gasteiger partial charge in [-0.3, -0.25) is 4.79 Å². The molecule has 178 valence electrons. The fourth-order valence-corrected chi connectivity index (χ4v) is 4.08. The minimum Gasteiger partial charge on any atom is -0.481 e. The Balaban J connectivity index is 1.58. The van der Waals surface area contributed by atoms with Crippen molar-refractivity contribution in [2.75, 3.05) is 6.54 Å². The average molecular weight is 463 g/mol. The van der Waals surface area contributed by atoms with Crippen LogP contribution in [0.25, 0.3) is 0 Å². The summed E-state index contributed by atoms with van der Waals surface area (Å²) in [4.78, 5) is 15.9. The number of benzene rings is 2. The Morgan fingerprint density at radius 1 is 1.12 bits per heavy atom. The van der Waals surface area contributed by atoms with Crippen molar-refractivity contribution in [2.24, 2.45) is 5.16 Å². The Morgan fingerprint density at radius 2 is 1.79 bits per heavy atom. The summed E-state index contributed by atoms with van der Waals surface area (Å²) in [7, 11) is 0. The first-order chi connectivity index (χ1) is 15.7. The van der Waals surface area contributed by atoms with Gasteiger partial charge in [-0.05, 0) is 54.0 Å². The van der Waals surface area contributed by atoms with Crippen molar-refractivity contribution < 1.29 is 27.9 Å². The molecule has 3 rings (SSSR count). The number of oxime groups is 1. The lowest BCUT2D eigenvalue weighted by Crippen LogP contribution is -2.17. The maximum atomic E-state index is 13.6. The summed E-state index contributed by atoms with van der Waals surface area (Å²) in [6.07, 6.45) is -0.766. The third kappa shape index (κ3) is 7.32. The van der Waals surface area contributed by atoms with Crippen LogP contribution in [0, 0.1) is 0 Å². The zero-order chi connectivity index (χ0) is 23.8. The summed E-state index contributed by atoms with van der Waals surface area (Å²) >= 11 is 0. The lowest BCUT2D eigenvalue weighted by molar-refractivity contribution is -0.138. The van der Waals surface area contributed by atoms with Gasteiger partial charge in [0.1, 0.15) is 6.61 Å². The van der Waals surface area contributed by atoms with E-state index in [1.165, 1.54) is 6.07 Å². The fourth-order valence-electron chi connectivity index (χ4n) is 4.08. The number of carboxylic acid groups (broad SMARTS) is 1. The molecule has 0 amide bonds. The van der Waals surface area contributed by atoms with Gasteiger partial charge in [-0.15, -0.1) is 0 Å². The van der Waals surface area contributed by atoms with Crippen LogP contribution in [0.2, 0.25) is 0 Å². The van der Waals surface area contributed by atoms with Crippen molar-refractivity contribution in [3.05, 3.63) is 70.3 Å². The molecule has 0 saturated heterocycles. The Morgan fingerprint density at radius 3 is 2.42 bits per heavy atom. The van der Waals surface area contributed by atoms with Crippen LogP contribution in [0.5, 0.6) is 0 Å². The summed E-state index contributed by atoms with van der Waals surface area (Å²) in [6, 6.07) is 12.0. The number of alkyl halides is 3. The van der Waals surface area contributed by atoms with E-state index < -0.39 is 17.7 Å². The molecular formula is C25H29F3N2O3.